The number of nitrogens with zero attached hydrogens (tertiary/aromatic N) is 1. The van der Waals surface area contributed by atoms with E-state index in [0.29, 0.717) is 0 Å². The van der Waals surface area contributed by atoms with Gasteiger partial charge in [-0.05, 0) is 24.3 Å². The number of nitrogens with one attached hydrogen (secondary N) is 3. The van der Waals surface area contributed by atoms with Gasteiger partial charge in [0.25, 0.3) is 0 Å². The Bertz CT molecular complexity index is 1010. The molecule has 0 bridgehead atoms. The lowest BCUT2D eigenvalue weighted by molar-refractivity contribution is -0.133. The molecule has 1 heterocycles. The molecule has 0 radical (unpaired) electrons. The molecule has 1 fully saturated rings. The minimum atomic E-state index is -1.35. The van der Waals surface area contributed by atoms with Crippen LogP contribution < -0.4 is 20.7 Å². The van der Waals surface area contributed by atoms with E-state index in [1.165, 1.54) is 26.3 Å². The molecular weight excluding hydrogens is 429 g/mol. The van der Waals surface area contributed by atoms with Gasteiger partial charge in [0.1, 0.15) is 29.2 Å². The number of hydrogen-bond donors (Lipinski definition) is 3. The maximum absolute atomic E-state index is 14.7. The van der Waals surface area contributed by atoms with Crippen LogP contribution in [-0.2, 0) is 9.59 Å². The zero-order chi connectivity index (χ0) is 23.4. The summed E-state index contributed by atoms with van der Waals surface area (Å²) in [6.45, 7) is -0.545. The highest BCUT2D eigenvalue weighted by Gasteiger charge is 2.45. The van der Waals surface area contributed by atoms with Crippen molar-refractivity contribution in [3.05, 3.63) is 59.4 Å². The molecule has 11 heteroatoms. The topological polar surface area (TPSA) is 99.8 Å². The Morgan fingerprint density at radius 3 is 2.31 bits per heavy atom. The minimum Gasteiger partial charge on any atom is -0.497 e. The summed E-state index contributed by atoms with van der Waals surface area (Å²) in [5, 5.41) is 7.21. The first-order chi connectivity index (χ1) is 15.2. The second-order valence-corrected chi connectivity index (χ2v) is 7.09. The average molecular weight is 450 g/mol. The number of rotatable bonds is 6. The van der Waals surface area contributed by atoms with Crippen molar-refractivity contribution in [2.75, 3.05) is 32.6 Å². The zero-order valence-electron chi connectivity index (χ0n) is 17.2. The normalized spacial score (nSPS) is 17.8. The summed E-state index contributed by atoms with van der Waals surface area (Å²) < 4.78 is 47.4. The number of hydrogen-bond acceptors (Lipinski definition) is 4. The molecule has 2 aromatic rings. The second-order valence-electron chi connectivity index (χ2n) is 7.09. The van der Waals surface area contributed by atoms with Crippen LogP contribution in [0.25, 0.3) is 0 Å². The van der Waals surface area contributed by atoms with Gasteiger partial charge in [0.05, 0.1) is 13.7 Å². The number of carbonyl (C=O) groups excluding carboxylic acids is 3. The Kier molecular flexibility index (Phi) is 6.86. The van der Waals surface area contributed by atoms with Crippen molar-refractivity contribution in [1.29, 1.82) is 0 Å². The molecule has 1 aliphatic rings. The number of halogens is 3. The number of ether oxygens (including phenoxy) is 1. The van der Waals surface area contributed by atoms with Crippen LogP contribution in [0.1, 0.15) is 11.5 Å². The lowest BCUT2D eigenvalue weighted by Gasteiger charge is -2.20. The Hall–Kier alpha value is -3.76. The SMILES string of the molecule is CNC(=O)CN1CC(c2c(F)cc(OC)cc2F)C(NC(=O)Nc2ccc(F)cc2)C1=O. The first-order valence-corrected chi connectivity index (χ1v) is 9.58. The van der Waals surface area contributed by atoms with Gasteiger partial charge in [0.15, 0.2) is 0 Å². The van der Waals surface area contributed by atoms with Crippen LogP contribution in [0.3, 0.4) is 0 Å². The Balaban J connectivity index is 1.88. The summed E-state index contributed by atoms with van der Waals surface area (Å²) in [5.41, 5.74) is -0.166. The van der Waals surface area contributed by atoms with Crippen molar-refractivity contribution in [1.82, 2.24) is 15.5 Å². The van der Waals surface area contributed by atoms with Crippen molar-refractivity contribution in [3.63, 3.8) is 0 Å². The fraction of sp³-hybridized carbons (Fsp3) is 0.286. The molecule has 0 spiro atoms. The van der Waals surface area contributed by atoms with E-state index in [0.717, 1.165) is 29.2 Å². The average Bonchev–Trinajstić information content (AvgIpc) is 3.04. The summed E-state index contributed by atoms with van der Waals surface area (Å²) in [7, 11) is 2.64. The fourth-order valence-electron chi connectivity index (χ4n) is 3.49. The minimum absolute atomic E-state index is 0.0474. The fourth-order valence-corrected chi connectivity index (χ4v) is 3.49. The number of likely N-dealkylation sites (N-methyl/N-ethyl adjacent to an activating group) is 1. The lowest BCUT2D eigenvalue weighted by atomic mass is 9.93. The molecule has 2 aromatic carbocycles. The van der Waals surface area contributed by atoms with Crippen LogP contribution in [0, 0.1) is 17.5 Å². The van der Waals surface area contributed by atoms with E-state index in [2.05, 4.69) is 16.0 Å². The number of likely N-dealkylation sites (tertiary alicyclic amines) is 1. The van der Waals surface area contributed by atoms with Gasteiger partial charge in [-0.25, -0.2) is 18.0 Å². The molecule has 32 heavy (non-hydrogen) atoms. The number of benzene rings is 2. The van der Waals surface area contributed by atoms with Gasteiger partial charge in [0, 0.05) is 42.9 Å². The van der Waals surface area contributed by atoms with Crippen molar-refractivity contribution in [2.24, 2.45) is 0 Å². The van der Waals surface area contributed by atoms with Gasteiger partial charge >= 0.3 is 6.03 Å². The third kappa shape index (κ3) is 4.93. The molecular formula is C21H21F3N4O4. The maximum atomic E-state index is 14.7. The van der Waals surface area contributed by atoms with Crippen molar-refractivity contribution in [2.45, 2.75) is 12.0 Å². The standard InChI is InChI=1S/C21H21F3N4O4/c1-25-17(29)10-28-9-14(18-15(23)7-13(32-2)8-16(18)24)19(20(28)30)27-21(31)26-12-5-3-11(22)4-6-12/h3-8,14,19H,9-10H2,1-2H3,(H,25,29)(H2,26,27,31). The van der Waals surface area contributed by atoms with E-state index >= 15 is 0 Å². The summed E-state index contributed by atoms with van der Waals surface area (Å²) >= 11 is 0. The molecule has 0 aliphatic carbocycles. The highest BCUT2D eigenvalue weighted by molar-refractivity contribution is 5.96. The highest BCUT2D eigenvalue weighted by atomic mass is 19.1. The molecule has 1 aliphatic heterocycles. The third-order valence-corrected chi connectivity index (χ3v) is 5.06. The van der Waals surface area contributed by atoms with Crippen LogP contribution in [0.4, 0.5) is 23.7 Å². The number of carbonyl (C=O) groups is 3. The Morgan fingerprint density at radius 1 is 1.12 bits per heavy atom. The van der Waals surface area contributed by atoms with Crippen LogP contribution in [0.5, 0.6) is 5.75 Å². The van der Waals surface area contributed by atoms with Gasteiger partial charge in [-0.15, -0.1) is 0 Å². The highest BCUT2D eigenvalue weighted by Crippen LogP contribution is 2.34. The van der Waals surface area contributed by atoms with Crippen LogP contribution in [-0.4, -0.2) is 56.0 Å². The number of urea groups is 1. The van der Waals surface area contributed by atoms with Crippen LogP contribution in [0.2, 0.25) is 0 Å². The van der Waals surface area contributed by atoms with Crippen LogP contribution >= 0.6 is 0 Å². The molecule has 0 aromatic heterocycles. The van der Waals surface area contributed by atoms with E-state index < -0.39 is 52.8 Å². The Morgan fingerprint density at radius 2 is 1.75 bits per heavy atom. The number of methoxy groups -OCH3 is 1. The van der Waals surface area contributed by atoms with E-state index in [-0.39, 0.29) is 24.5 Å². The molecule has 3 rings (SSSR count). The quantitative estimate of drug-likeness (QED) is 0.627. The first kappa shape index (κ1) is 22.9. The monoisotopic (exact) mass is 450 g/mol. The Labute approximate surface area is 181 Å². The van der Waals surface area contributed by atoms with Gasteiger partial charge in [0.2, 0.25) is 11.8 Å². The van der Waals surface area contributed by atoms with Crippen molar-refractivity contribution >= 4 is 23.5 Å². The molecule has 3 N–H and O–H groups in total. The van der Waals surface area contributed by atoms with E-state index in [4.69, 9.17) is 4.74 Å². The molecule has 2 atom stereocenters. The summed E-state index contributed by atoms with van der Waals surface area (Å²) in [6, 6.07) is 4.64. The molecule has 170 valence electrons. The molecule has 4 amide bonds. The van der Waals surface area contributed by atoms with E-state index in [1.54, 1.807) is 0 Å². The molecule has 2 unspecified atom stereocenters. The lowest BCUT2D eigenvalue weighted by Crippen LogP contribution is -2.46. The van der Waals surface area contributed by atoms with Gasteiger partial charge < -0.3 is 25.6 Å². The summed E-state index contributed by atoms with van der Waals surface area (Å²) in [5.74, 6) is -4.73. The van der Waals surface area contributed by atoms with Gasteiger partial charge in [-0.2, -0.15) is 0 Å². The van der Waals surface area contributed by atoms with E-state index in [9.17, 15) is 27.6 Å². The summed E-state index contributed by atoms with van der Waals surface area (Å²) in [6.07, 6.45) is 0. The molecule has 1 saturated heterocycles. The molecule has 8 nitrogen and oxygen atoms in total. The predicted molar refractivity (Wildman–Crippen MR) is 109 cm³/mol. The maximum Gasteiger partial charge on any atom is 0.319 e. The largest absolute Gasteiger partial charge is 0.497 e. The predicted octanol–water partition coefficient (Wildman–Crippen LogP) is 1.97. The molecule has 0 saturated carbocycles. The van der Waals surface area contributed by atoms with Gasteiger partial charge in [-0.1, -0.05) is 0 Å². The van der Waals surface area contributed by atoms with E-state index in [1.807, 2.05) is 0 Å². The first-order valence-electron chi connectivity index (χ1n) is 9.58. The van der Waals surface area contributed by atoms with Gasteiger partial charge in [-0.3, -0.25) is 9.59 Å². The van der Waals surface area contributed by atoms with Crippen LogP contribution in [0.15, 0.2) is 36.4 Å². The van der Waals surface area contributed by atoms with Crippen molar-refractivity contribution < 1.29 is 32.3 Å². The zero-order valence-corrected chi connectivity index (χ0v) is 17.2. The number of amides is 4. The third-order valence-electron chi connectivity index (χ3n) is 5.06. The summed E-state index contributed by atoms with van der Waals surface area (Å²) in [4.78, 5) is 38.2. The van der Waals surface area contributed by atoms with Crippen molar-refractivity contribution in [3.8, 4) is 5.75 Å². The second kappa shape index (κ2) is 9.58. The number of anilines is 1. The smallest absolute Gasteiger partial charge is 0.319 e.